The summed E-state index contributed by atoms with van der Waals surface area (Å²) >= 11 is 5.58. The first-order valence-electron chi connectivity index (χ1n) is 6.80. The first-order chi connectivity index (χ1) is 11.9. The van der Waals surface area contributed by atoms with Crippen LogP contribution in [0.4, 0.5) is 11.5 Å². The van der Waals surface area contributed by atoms with Gasteiger partial charge in [0, 0.05) is 12.1 Å². The molecule has 1 aliphatic heterocycles. The smallest absolute Gasteiger partial charge is 0.270 e. The van der Waals surface area contributed by atoms with Gasteiger partial charge in [-0.1, -0.05) is 11.6 Å². The number of nitrogens with one attached hydrogen (secondary N) is 1. The van der Waals surface area contributed by atoms with Gasteiger partial charge >= 0.3 is 0 Å². The van der Waals surface area contributed by atoms with Crippen LogP contribution in [-0.2, 0) is 4.79 Å². The molecule has 0 bridgehead atoms. The molecule has 0 saturated heterocycles. The Balaban J connectivity index is 1.76. The maximum atomic E-state index is 12.3. The zero-order chi connectivity index (χ0) is 18.1. The Morgan fingerprint density at radius 1 is 1.16 bits per heavy atom. The van der Waals surface area contributed by atoms with E-state index in [0.29, 0.717) is 4.90 Å². The first-order valence-corrected chi connectivity index (χ1v) is 7.18. The second-order valence-electron chi connectivity index (χ2n) is 4.97. The van der Waals surface area contributed by atoms with Crippen molar-refractivity contribution < 1.29 is 19.3 Å². The summed E-state index contributed by atoms with van der Waals surface area (Å²) in [4.78, 5) is 47.3. The Labute approximate surface area is 144 Å². The fraction of sp³-hybridized carbons (Fsp3) is 0.0714. The lowest BCUT2D eigenvalue weighted by Crippen LogP contribution is -2.37. The third-order valence-corrected chi connectivity index (χ3v) is 3.57. The number of nitro groups is 1. The third-order valence-electron chi connectivity index (χ3n) is 3.37. The van der Waals surface area contributed by atoms with Gasteiger partial charge in [-0.3, -0.25) is 29.4 Å². The Morgan fingerprint density at radius 3 is 2.52 bits per heavy atom. The van der Waals surface area contributed by atoms with Crippen molar-refractivity contribution in [3.8, 4) is 0 Å². The van der Waals surface area contributed by atoms with Crippen molar-refractivity contribution in [2.24, 2.45) is 0 Å². The van der Waals surface area contributed by atoms with Gasteiger partial charge in [0.15, 0.2) is 11.0 Å². The number of carbonyl (C=O) groups excluding carboxylic acids is 3. The van der Waals surface area contributed by atoms with E-state index in [2.05, 4.69) is 15.5 Å². The number of amides is 3. The van der Waals surface area contributed by atoms with Crippen LogP contribution in [0, 0.1) is 10.1 Å². The van der Waals surface area contributed by atoms with Crippen LogP contribution < -0.4 is 5.32 Å². The number of hydrogen-bond acceptors (Lipinski definition) is 7. The molecule has 0 atom stereocenters. The molecule has 11 heteroatoms. The van der Waals surface area contributed by atoms with E-state index in [0.717, 1.165) is 12.1 Å². The topological polar surface area (TPSA) is 135 Å². The molecule has 25 heavy (non-hydrogen) atoms. The summed E-state index contributed by atoms with van der Waals surface area (Å²) in [7, 11) is 0. The van der Waals surface area contributed by atoms with E-state index in [1.165, 1.54) is 18.2 Å². The molecule has 3 amide bonds. The maximum Gasteiger partial charge on any atom is 0.270 e. The van der Waals surface area contributed by atoms with Gasteiger partial charge in [0.2, 0.25) is 5.91 Å². The fourth-order valence-electron chi connectivity index (χ4n) is 2.24. The van der Waals surface area contributed by atoms with Crippen LogP contribution in [0.1, 0.15) is 20.7 Å². The van der Waals surface area contributed by atoms with Crippen molar-refractivity contribution >= 4 is 40.8 Å². The van der Waals surface area contributed by atoms with E-state index in [-0.39, 0.29) is 27.8 Å². The second-order valence-corrected chi connectivity index (χ2v) is 5.36. The molecule has 10 nitrogen and oxygen atoms in total. The summed E-state index contributed by atoms with van der Waals surface area (Å²) in [6, 6.07) is 6.13. The zero-order valence-electron chi connectivity index (χ0n) is 12.3. The van der Waals surface area contributed by atoms with Crippen molar-refractivity contribution in [2.75, 3.05) is 11.9 Å². The number of hydrogen-bond donors (Lipinski definition) is 1. The number of imide groups is 1. The summed E-state index contributed by atoms with van der Waals surface area (Å²) in [6.45, 7) is -0.565. The molecule has 1 aromatic carbocycles. The maximum absolute atomic E-state index is 12.3. The van der Waals surface area contributed by atoms with Crippen LogP contribution >= 0.6 is 11.6 Å². The average Bonchev–Trinajstić information content (AvgIpc) is 2.81. The molecular formula is C14H8ClN5O5. The predicted octanol–water partition coefficient (Wildman–Crippen LogP) is 1.27. The average molecular weight is 362 g/mol. The van der Waals surface area contributed by atoms with Gasteiger partial charge in [0.05, 0.1) is 16.1 Å². The first kappa shape index (κ1) is 16.5. The van der Waals surface area contributed by atoms with Gasteiger partial charge in [-0.15, -0.1) is 10.2 Å². The van der Waals surface area contributed by atoms with Gasteiger partial charge in [0.25, 0.3) is 17.5 Å². The molecule has 3 rings (SSSR count). The molecule has 126 valence electrons. The summed E-state index contributed by atoms with van der Waals surface area (Å²) < 4.78 is 0. The molecule has 1 aromatic heterocycles. The minimum Gasteiger partial charge on any atom is -0.308 e. The second kappa shape index (κ2) is 6.24. The normalized spacial score (nSPS) is 12.9. The lowest BCUT2D eigenvalue weighted by molar-refractivity contribution is -0.384. The number of rotatable bonds is 4. The number of nitrogens with zero attached hydrogens (tertiary/aromatic N) is 4. The Bertz CT molecular complexity index is 914. The lowest BCUT2D eigenvalue weighted by atomic mass is 10.1. The highest BCUT2D eigenvalue weighted by Gasteiger charge is 2.37. The summed E-state index contributed by atoms with van der Waals surface area (Å²) in [5, 5.41) is 20.5. The number of carbonyl (C=O) groups is 3. The summed E-state index contributed by atoms with van der Waals surface area (Å²) in [5.74, 6) is -2.06. The number of anilines is 1. The highest BCUT2D eigenvalue weighted by Crippen LogP contribution is 2.26. The standard InChI is InChI=1S/C14H8ClN5O5/c15-10-3-4-11(18-17-10)16-12(21)6-19-13(22)8-2-1-7(20(24)25)5-9(8)14(19)23/h1-5H,6H2,(H,16,18,21). The molecule has 2 heterocycles. The Hall–Kier alpha value is -3.40. The van der Waals surface area contributed by atoms with Crippen LogP contribution in [0.15, 0.2) is 30.3 Å². The van der Waals surface area contributed by atoms with Crippen LogP contribution in [0.25, 0.3) is 0 Å². The van der Waals surface area contributed by atoms with Gasteiger partial charge in [-0.05, 0) is 18.2 Å². The molecule has 1 aliphatic rings. The minimum atomic E-state index is -0.777. The van der Waals surface area contributed by atoms with Gasteiger partial charge in [0.1, 0.15) is 6.54 Å². The number of halogens is 1. The van der Waals surface area contributed by atoms with E-state index in [1.807, 2.05) is 0 Å². The van der Waals surface area contributed by atoms with E-state index in [9.17, 15) is 24.5 Å². The minimum absolute atomic E-state index is 0.00897. The molecule has 0 saturated carbocycles. The molecule has 0 radical (unpaired) electrons. The molecule has 2 aromatic rings. The van der Waals surface area contributed by atoms with Gasteiger partial charge < -0.3 is 5.32 Å². The van der Waals surface area contributed by atoms with Crippen LogP contribution in [0.2, 0.25) is 5.15 Å². The fourth-order valence-corrected chi connectivity index (χ4v) is 2.35. The molecule has 0 fully saturated rings. The highest BCUT2D eigenvalue weighted by atomic mass is 35.5. The van der Waals surface area contributed by atoms with Crippen LogP contribution in [0.3, 0.4) is 0 Å². The van der Waals surface area contributed by atoms with Crippen LogP contribution in [-0.4, -0.2) is 44.3 Å². The zero-order valence-corrected chi connectivity index (χ0v) is 13.1. The van der Waals surface area contributed by atoms with Crippen molar-refractivity contribution in [1.29, 1.82) is 0 Å². The Kier molecular flexibility index (Phi) is 4.11. The predicted molar refractivity (Wildman–Crippen MR) is 84.1 cm³/mol. The molecule has 1 N–H and O–H groups in total. The molecule has 0 spiro atoms. The van der Waals surface area contributed by atoms with Crippen molar-refractivity contribution in [3.63, 3.8) is 0 Å². The van der Waals surface area contributed by atoms with E-state index >= 15 is 0 Å². The SMILES string of the molecule is O=C(CN1C(=O)c2ccc([N+](=O)[O-])cc2C1=O)Nc1ccc(Cl)nn1. The number of aromatic nitrogens is 2. The number of nitro benzene ring substituents is 1. The van der Waals surface area contributed by atoms with E-state index in [4.69, 9.17) is 11.6 Å². The Morgan fingerprint density at radius 2 is 1.88 bits per heavy atom. The lowest BCUT2D eigenvalue weighted by Gasteiger charge is -2.13. The van der Waals surface area contributed by atoms with E-state index in [1.54, 1.807) is 0 Å². The quantitative estimate of drug-likeness (QED) is 0.492. The number of fused-ring (bicyclic) bond motifs is 1. The third kappa shape index (κ3) is 3.15. The summed E-state index contributed by atoms with van der Waals surface area (Å²) in [5.41, 5.74) is -0.421. The number of benzene rings is 1. The van der Waals surface area contributed by atoms with Crippen molar-refractivity contribution in [1.82, 2.24) is 15.1 Å². The van der Waals surface area contributed by atoms with Gasteiger partial charge in [-0.2, -0.15) is 0 Å². The van der Waals surface area contributed by atoms with Crippen molar-refractivity contribution in [3.05, 3.63) is 56.7 Å². The molecule has 0 unspecified atom stereocenters. The van der Waals surface area contributed by atoms with Crippen LogP contribution in [0.5, 0.6) is 0 Å². The molecular weight excluding hydrogens is 354 g/mol. The number of non-ortho nitro benzene ring substituents is 1. The monoisotopic (exact) mass is 361 g/mol. The summed E-state index contributed by atoms with van der Waals surface area (Å²) in [6.07, 6.45) is 0. The van der Waals surface area contributed by atoms with Crippen molar-refractivity contribution in [2.45, 2.75) is 0 Å². The van der Waals surface area contributed by atoms with Gasteiger partial charge in [-0.25, -0.2) is 0 Å². The largest absolute Gasteiger partial charge is 0.308 e. The molecule has 0 aliphatic carbocycles. The highest BCUT2D eigenvalue weighted by molar-refractivity contribution is 6.29. The van der Waals surface area contributed by atoms with E-state index < -0.39 is 29.2 Å².